The average molecular weight is 276 g/mol. The number of likely N-dealkylation sites (tertiary alicyclic amines) is 1. The molecule has 1 heterocycles. The Bertz CT molecular complexity index is 408. The first kappa shape index (κ1) is 15.3. The van der Waals surface area contributed by atoms with E-state index in [2.05, 4.69) is 30.0 Å². The highest BCUT2D eigenvalue weighted by Crippen LogP contribution is 2.31. The Morgan fingerprint density at radius 2 is 2.15 bits per heavy atom. The fraction of sp³-hybridized carbons (Fsp3) is 0.647. The van der Waals surface area contributed by atoms with E-state index in [1.54, 1.807) is 0 Å². The standard InChI is InChI=1S/C17H28N2O/c1-3-11-19-12-6-5-10-16(18)17(19)14-8-7-9-15(13-14)20-4-2/h7-9,13,16-17H,3-6,10-12,18H2,1-2H3. The number of hydrogen-bond acceptors (Lipinski definition) is 3. The maximum atomic E-state index is 6.47. The third-order valence-corrected chi connectivity index (χ3v) is 4.05. The van der Waals surface area contributed by atoms with Crippen molar-refractivity contribution in [3.8, 4) is 5.75 Å². The van der Waals surface area contributed by atoms with Gasteiger partial charge in [-0.2, -0.15) is 0 Å². The van der Waals surface area contributed by atoms with Gasteiger partial charge in [0.25, 0.3) is 0 Å². The van der Waals surface area contributed by atoms with Crippen LogP contribution in [0.25, 0.3) is 0 Å². The van der Waals surface area contributed by atoms with Crippen molar-refractivity contribution in [1.82, 2.24) is 4.90 Å². The maximum absolute atomic E-state index is 6.47. The normalized spacial score (nSPS) is 24.4. The summed E-state index contributed by atoms with van der Waals surface area (Å²) in [5.41, 5.74) is 7.78. The zero-order chi connectivity index (χ0) is 14.4. The first-order valence-electron chi connectivity index (χ1n) is 7.98. The molecule has 1 aromatic rings. The molecule has 1 fully saturated rings. The van der Waals surface area contributed by atoms with Crippen LogP contribution >= 0.6 is 0 Å². The largest absolute Gasteiger partial charge is 0.494 e. The molecule has 3 nitrogen and oxygen atoms in total. The van der Waals surface area contributed by atoms with Crippen LogP contribution in [0.4, 0.5) is 0 Å². The molecule has 0 bridgehead atoms. The highest BCUT2D eigenvalue weighted by atomic mass is 16.5. The number of hydrogen-bond donors (Lipinski definition) is 1. The van der Waals surface area contributed by atoms with Gasteiger partial charge in [0.2, 0.25) is 0 Å². The van der Waals surface area contributed by atoms with Crippen LogP contribution in [0, 0.1) is 0 Å². The van der Waals surface area contributed by atoms with E-state index in [1.165, 1.54) is 24.8 Å². The second kappa shape index (κ2) is 7.65. The number of nitrogens with zero attached hydrogens (tertiary/aromatic N) is 1. The molecule has 2 N–H and O–H groups in total. The third-order valence-electron chi connectivity index (χ3n) is 4.05. The van der Waals surface area contributed by atoms with Crippen LogP contribution in [0.2, 0.25) is 0 Å². The highest BCUT2D eigenvalue weighted by Gasteiger charge is 2.28. The van der Waals surface area contributed by atoms with E-state index in [1.807, 2.05) is 13.0 Å². The van der Waals surface area contributed by atoms with E-state index >= 15 is 0 Å². The molecule has 0 aromatic heterocycles. The van der Waals surface area contributed by atoms with Crippen molar-refractivity contribution in [3.63, 3.8) is 0 Å². The van der Waals surface area contributed by atoms with Crippen molar-refractivity contribution < 1.29 is 4.74 Å². The Morgan fingerprint density at radius 3 is 2.90 bits per heavy atom. The minimum absolute atomic E-state index is 0.223. The fourth-order valence-electron chi connectivity index (χ4n) is 3.21. The number of benzene rings is 1. The second-order valence-corrected chi connectivity index (χ2v) is 5.65. The Kier molecular flexibility index (Phi) is 5.86. The van der Waals surface area contributed by atoms with E-state index in [-0.39, 0.29) is 6.04 Å². The summed E-state index contributed by atoms with van der Waals surface area (Å²) in [5, 5.41) is 0. The zero-order valence-corrected chi connectivity index (χ0v) is 12.8. The maximum Gasteiger partial charge on any atom is 0.119 e. The molecule has 1 aliphatic rings. The van der Waals surface area contributed by atoms with Gasteiger partial charge in [-0.1, -0.05) is 25.5 Å². The molecule has 20 heavy (non-hydrogen) atoms. The Balaban J connectivity index is 2.26. The minimum atomic E-state index is 0.223. The molecule has 0 saturated carbocycles. The quantitative estimate of drug-likeness (QED) is 0.896. The molecule has 1 aliphatic heterocycles. The first-order chi connectivity index (χ1) is 9.76. The summed E-state index contributed by atoms with van der Waals surface area (Å²) in [6.07, 6.45) is 4.79. The molecular formula is C17H28N2O. The Morgan fingerprint density at radius 1 is 1.30 bits per heavy atom. The molecule has 2 atom stereocenters. The van der Waals surface area contributed by atoms with Gasteiger partial charge >= 0.3 is 0 Å². The van der Waals surface area contributed by atoms with Gasteiger partial charge in [-0.3, -0.25) is 4.90 Å². The molecule has 0 spiro atoms. The summed E-state index contributed by atoms with van der Waals surface area (Å²) in [5.74, 6) is 0.956. The molecular weight excluding hydrogens is 248 g/mol. The van der Waals surface area contributed by atoms with E-state index < -0.39 is 0 Å². The highest BCUT2D eigenvalue weighted by molar-refractivity contribution is 5.31. The first-order valence-corrected chi connectivity index (χ1v) is 7.98. The molecule has 3 heteroatoms. The topological polar surface area (TPSA) is 38.5 Å². The summed E-state index contributed by atoms with van der Waals surface area (Å²) in [7, 11) is 0. The molecule has 112 valence electrons. The summed E-state index contributed by atoms with van der Waals surface area (Å²) in [6, 6.07) is 9.03. The van der Waals surface area contributed by atoms with Crippen molar-refractivity contribution in [3.05, 3.63) is 29.8 Å². The lowest BCUT2D eigenvalue weighted by Gasteiger charge is -2.33. The Hall–Kier alpha value is -1.06. The molecule has 2 unspecified atom stereocenters. The van der Waals surface area contributed by atoms with Crippen LogP contribution in [-0.2, 0) is 0 Å². The molecule has 0 amide bonds. The minimum Gasteiger partial charge on any atom is -0.494 e. The smallest absolute Gasteiger partial charge is 0.119 e. The lowest BCUT2D eigenvalue weighted by molar-refractivity contribution is 0.185. The lowest BCUT2D eigenvalue weighted by Crippen LogP contribution is -2.40. The number of nitrogens with two attached hydrogens (primary N) is 1. The van der Waals surface area contributed by atoms with Gasteiger partial charge in [0.1, 0.15) is 5.75 Å². The molecule has 2 rings (SSSR count). The molecule has 0 radical (unpaired) electrons. The third kappa shape index (κ3) is 3.74. The molecule has 0 aliphatic carbocycles. The van der Waals surface area contributed by atoms with Crippen molar-refractivity contribution in [2.24, 2.45) is 5.73 Å². The van der Waals surface area contributed by atoms with Crippen LogP contribution in [0.3, 0.4) is 0 Å². The van der Waals surface area contributed by atoms with Gasteiger partial charge in [0, 0.05) is 6.04 Å². The van der Waals surface area contributed by atoms with Crippen molar-refractivity contribution in [1.29, 1.82) is 0 Å². The lowest BCUT2D eigenvalue weighted by atomic mass is 9.96. The van der Waals surface area contributed by atoms with Gasteiger partial charge < -0.3 is 10.5 Å². The summed E-state index contributed by atoms with van der Waals surface area (Å²) < 4.78 is 5.64. The van der Waals surface area contributed by atoms with Crippen molar-refractivity contribution in [2.75, 3.05) is 19.7 Å². The summed E-state index contributed by atoms with van der Waals surface area (Å²) in [6.45, 7) is 7.25. The number of ether oxygens (including phenoxy) is 1. The van der Waals surface area contributed by atoms with Gasteiger partial charge in [-0.25, -0.2) is 0 Å². The number of rotatable bonds is 5. The van der Waals surface area contributed by atoms with Gasteiger partial charge in [0.15, 0.2) is 0 Å². The summed E-state index contributed by atoms with van der Waals surface area (Å²) in [4.78, 5) is 2.56. The molecule has 1 saturated heterocycles. The monoisotopic (exact) mass is 276 g/mol. The SMILES string of the molecule is CCCN1CCCCC(N)C1c1cccc(OCC)c1. The van der Waals surface area contributed by atoms with Crippen LogP contribution < -0.4 is 10.5 Å². The van der Waals surface area contributed by atoms with Gasteiger partial charge in [0.05, 0.1) is 12.6 Å². The predicted octanol–water partition coefficient (Wildman–Crippen LogP) is 3.35. The van der Waals surface area contributed by atoms with Crippen LogP contribution in [0.5, 0.6) is 5.75 Å². The average Bonchev–Trinajstić information content (AvgIpc) is 2.62. The van der Waals surface area contributed by atoms with Gasteiger partial charge in [-0.15, -0.1) is 0 Å². The van der Waals surface area contributed by atoms with E-state index in [4.69, 9.17) is 10.5 Å². The van der Waals surface area contributed by atoms with E-state index in [9.17, 15) is 0 Å². The van der Waals surface area contributed by atoms with E-state index in [0.29, 0.717) is 12.6 Å². The Labute approximate surface area is 123 Å². The van der Waals surface area contributed by atoms with Crippen LogP contribution in [-0.4, -0.2) is 30.6 Å². The van der Waals surface area contributed by atoms with Crippen LogP contribution in [0.15, 0.2) is 24.3 Å². The van der Waals surface area contributed by atoms with Gasteiger partial charge in [-0.05, 0) is 57.0 Å². The van der Waals surface area contributed by atoms with Crippen molar-refractivity contribution >= 4 is 0 Å². The predicted molar refractivity (Wildman–Crippen MR) is 84.0 cm³/mol. The molecule has 1 aromatic carbocycles. The van der Waals surface area contributed by atoms with Crippen LogP contribution in [0.1, 0.15) is 51.1 Å². The fourth-order valence-corrected chi connectivity index (χ4v) is 3.21. The summed E-state index contributed by atoms with van der Waals surface area (Å²) >= 11 is 0. The second-order valence-electron chi connectivity index (χ2n) is 5.65. The van der Waals surface area contributed by atoms with Crippen molar-refractivity contribution in [2.45, 2.75) is 51.6 Å². The zero-order valence-electron chi connectivity index (χ0n) is 12.8. The van der Waals surface area contributed by atoms with E-state index in [0.717, 1.165) is 25.3 Å².